The number of carbonyl (C=O) groups excluding carboxylic acids is 2. The number of benzene rings is 2. The molecule has 1 aliphatic heterocycles. The molecule has 0 bridgehead atoms. The smallest absolute Gasteiger partial charge is 0.229 e. The second kappa shape index (κ2) is 8.20. The molecule has 0 aliphatic carbocycles. The molecule has 1 aliphatic rings. The molecule has 0 aromatic heterocycles. The van der Waals surface area contributed by atoms with E-state index < -0.39 is 11.7 Å². The third-order valence-corrected chi connectivity index (χ3v) is 4.90. The number of para-hydroxylation sites is 1. The van der Waals surface area contributed by atoms with Crippen molar-refractivity contribution in [2.24, 2.45) is 5.92 Å². The van der Waals surface area contributed by atoms with E-state index in [1.165, 1.54) is 11.0 Å². The molecule has 0 spiro atoms. The second-order valence-electron chi connectivity index (χ2n) is 6.57. The zero-order valence-corrected chi connectivity index (χ0v) is 15.6. The van der Waals surface area contributed by atoms with Gasteiger partial charge in [0.25, 0.3) is 0 Å². The van der Waals surface area contributed by atoms with E-state index in [2.05, 4.69) is 24.1 Å². The predicted molar refractivity (Wildman–Crippen MR) is 105 cm³/mol. The average molecular weight is 369 g/mol. The molecule has 6 heteroatoms. The highest BCUT2D eigenvalue weighted by atomic mass is 19.1. The standard InChI is InChI=1S/C21H24FN3O2/c1-3-24(4-2)17-11-9-16(10-12-17)23-21(27)15-13-20(26)25(14-15)19-8-6-5-7-18(19)22/h5-12,15H,3-4,13-14H2,1-2H3,(H,23,27). The fourth-order valence-corrected chi connectivity index (χ4v) is 3.38. The van der Waals surface area contributed by atoms with Crippen LogP contribution in [-0.4, -0.2) is 31.4 Å². The maximum atomic E-state index is 14.0. The van der Waals surface area contributed by atoms with E-state index in [1.54, 1.807) is 18.2 Å². The van der Waals surface area contributed by atoms with E-state index in [0.717, 1.165) is 18.8 Å². The van der Waals surface area contributed by atoms with Gasteiger partial charge in [0, 0.05) is 37.4 Å². The van der Waals surface area contributed by atoms with Crippen LogP contribution in [0.5, 0.6) is 0 Å². The van der Waals surface area contributed by atoms with Gasteiger partial charge in [0.1, 0.15) is 5.82 Å². The number of nitrogens with one attached hydrogen (secondary N) is 1. The van der Waals surface area contributed by atoms with Crippen LogP contribution < -0.4 is 15.1 Å². The van der Waals surface area contributed by atoms with Crippen LogP contribution in [0.2, 0.25) is 0 Å². The quantitative estimate of drug-likeness (QED) is 0.845. The minimum absolute atomic E-state index is 0.0810. The lowest BCUT2D eigenvalue weighted by Gasteiger charge is -2.21. The number of nitrogens with zero attached hydrogens (tertiary/aromatic N) is 2. The van der Waals surface area contributed by atoms with Crippen molar-refractivity contribution >= 4 is 28.9 Å². The number of carbonyl (C=O) groups is 2. The molecule has 1 saturated heterocycles. The van der Waals surface area contributed by atoms with Gasteiger partial charge in [-0.05, 0) is 50.2 Å². The van der Waals surface area contributed by atoms with Crippen LogP contribution in [-0.2, 0) is 9.59 Å². The second-order valence-corrected chi connectivity index (χ2v) is 6.57. The van der Waals surface area contributed by atoms with Crippen molar-refractivity contribution in [2.75, 3.05) is 34.8 Å². The average Bonchev–Trinajstić information content (AvgIpc) is 3.06. The van der Waals surface area contributed by atoms with Gasteiger partial charge >= 0.3 is 0 Å². The summed E-state index contributed by atoms with van der Waals surface area (Å²) < 4.78 is 14.0. The summed E-state index contributed by atoms with van der Waals surface area (Å²) in [5.74, 6) is -1.42. The minimum atomic E-state index is -0.500. The monoisotopic (exact) mass is 369 g/mol. The molecule has 2 aromatic carbocycles. The number of hydrogen-bond acceptors (Lipinski definition) is 3. The van der Waals surface area contributed by atoms with E-state index in [9.17, 15) is 14.0 Å². The highest BCUT2D eigenvalue weighted by Crippen LogP contribution is 2.28. The van der Waals surface area contributed by atoms with Gasteiger partial charge in [-0.2, -0.15) is 0 Å². The Morgan fingerprint density at radius 2 is 1.81 bits per heavy atom. The maximum Gasteiger partial charge on any atom is 0.229 e. The number of anilines is 3. The third-order valence-electron chi connectivity index (χ3n) is 4.90. The molecular formula is C21H24FN3O2. The molecule has 1 heterocycles. The van der Waals surface area contributed by atoms with Crippen molar-refractivity contribution in [2.45, 2.75) is 20.3 Å². The van der Waals surface area contributed by atoms with E-state index in [-0.39, 0.29) is 30.5 Å². The molecule has 5 nitrogen and oxygen atoms in total. The van der Waals surface area contributed by atoms with Crippen LogP contribution in [0.15, 0.2) is 48.5 Å². The molecule has 0 radical (unpaired) electrons. The van der Waals surface area contributed by atoms with Crippen molar-refractivity contribution in [3.8, 4) is 0 Å². The lowest BCUT2D eigenvalue weighted by atomic mass is 10.1. The van der Waals surface area contributed by atoms with Gasteiger partial charge in [-0.15, -0.1) is 0 Å². The molecule has 142 valence electrons. The maximum absolute atomic E-state index is 14.0. The van der Waals surface area contributed by atoms with Gasteiger partial charge in [-0.25, -0.2) is 4.39 Å². The SMILES string of the molecule is CCN(CC)c1ccc(NC(=O)C2CC(=O)N(c3ccccc3F)C2)cc1. The van der Waals surface area contributed by atoms with Crippen molar-refractivity contribution in [1.29, 1.82) is 0 Å². The molecule has 1 N–H and O–H groups in total. The summed E-state index contributed by atoms with van der Waals surface area (Å²) in [6.45, 7) is 6.20. The summed E-state index contributed by atoms with van der Waals surface area (Å²) in [7, 11) is 0. The molecule has 2 aromatic rings. The van der Waals surface area contributed by atoms with E-state index in [1.807, 2.05) is 24.3 Å². The van der Waals surface area contributed by atoms with Gasteiger partial charge in [-0.3, -0.25) is 9.59 Å². The molecule has 2 amide bonds. The zero-order valence-electron chi connectivity index (χ0n) is 15.6. The Labute approximate surface area is 158 Å². The molecule has 3 rings (SSSR count). The minimum Gasteiger partial charge on any atom is -0.372 e. The molecule has 1 unspecified atom stereocenters. The summed E-state index contributed by atoms with van der Waals surface area (Å²) in [6, 6.07) is 13.8. The molecule has 27 heavy (non-hydrogen) atoms. The molecule has 1 atom stereocenters. The van der Waals surface area contributed by atoms with Crippen LogP contribution >= 0.6 is 0 Å². The Bertz CT molecular complexity index is 818. The van der Waals surface area contributed by atoms with Gasteiger partial charge in [0.2, 0.25) is 11.8 Å². The van der Waals surface area contributed by atoms with E-state index >= 15 is 0 Å². The summed E-state index contributed by atoms with van der Waals surface area (Å²) in [5.41, 5.74) is 2.01. The Morgan fingerprint density at radius 3 is 2.44 bits per heavy atom. The lowest BCUT2D eigenvalue weighted by Crippen LogP contribution is -2.28. The predicted octanol–water partition coefficient (Wildman–Crippen LogP) is 3.66. The van der Waals surface area contributed by atoms with Crippen molar-refractivity contribution in [3.63, 3.8) is 0 Å². The summed E-state index contributed by atoms with van der Waals surface area (Å²) in [6.07, 6.45) is 0.0810. The van der Waals surface area contributed by atoms with Crippen molar-refractivity contribution < 1.29 is 14.0 Å². The highest BCUT2D eigenvalue weighted by Gasteiger charge is 2.36. The van der Waals surface area contributed by atoms with Crippen LogP contribution in [0.3, 0.4) is 0 Å². The van der Waals surface area contributed by atoms with Gasteiger partial charge in [0.15, 0.2) is 0 Å². The van der Waals surface area contributed by atoms with Crippen LogP contribution in [0.4, 0.5) is 21.5 Å². The first-order chi connectivity index (χ1) is 13.0. The lowest BCUT2D eigenvalue weighted by molar-refractivity contribution is -0.122. The summed E-state index contributed by atoms with van der Waals surface area (Å²) >= 11 is 0. The first-order valence-electron chi connectivity index (χ1n) is 9.24. The topological polar surface area (TPSA) is 52.7 Å². The molecule has 1 fully saturated rings. The largest absolute Gasteiger partial charge is 0.372 e. The van der Waals surface area contributed by atoms with Crippen molar-refractivity contribution in [3.05, 3.63) is 54.3 Å². The van der Waals surface area contributed by atoms with Gasteiger partial charge in [-0.1, -0.05) is 12.1 Å². The number of halogens is 1. The first kappa shape index (κ1) is 18.9. The molecule has 0 saturated carbocycles. The Morgan fingerprint density at radius 1 is 1.15 bits per heavy atom. The van der Waals surface area contributed by atoms with Crippen LogP contribution in [0.1, 0.15) is 20.3 Å². The molecular weight excluding hydrogens is 345 g/mol. The fourth-order valence-electron chi connectivity index (χ4n) is 3.38. The highest BCUT2D eigenvalue weighted by molar-refractivity contribution is 6.03. The third kappa shape index (κ3) is 4.10. The fraction of sp³-hybridized carbons (Fsp3) is 0.333. The van der Waals surface area contributed by atoms with Crippen molar-refractivity contribution in [1.82, 2.24) is 0 Å². The Kier molecular flexibility index (Phi) is 5.74. The van der Waals surface area contributed by atoms with Gasteiger partial charge < -0.3 is 15.1 Å². The van der Waals surface area contributed by atoms with Crippen LogP contribution in [0.25, 0.3) is 0 Å². The normalized spacial score (nSPS) is 16.5. The zero-order chi connectivity index (χ0) is 19.4. The number of rotatable bonds is 6. The summed E-state index contributed by atoms with van der Waals surface area (Å²) in [5, 5.41) is 2.86. The number of amides is 2. The first-order valence-corrected chi connectivity index (χ1v) is 9.24. The van der Waals surface area contributed by atoms with E-state index in [0.29, 0.717) is 5.69 Å². The Hall–Kier alpha value is -2.89. The number of hydrogen-bond donors (Lipinski definition) is 1. The Balaban J connectivity index is 1.65. The van der Waals surface area contributed by atoms with Gasteiger partial charge in [0.05, 0.1) is 11.6 Å². The van der Waals surface area contributed by atoms with Crippen LogP contribution in [0, 0.1) is 11.7 Å². The van der Waals surface area contributed by atoms with E-state index in [4.69, 9.17) is 0 Å². The summed E-state index contributed by atoms with van der Waals surface area (Å²) in [4.78, 5) is 28.4.